The van der Waals surface area contributed by atoms with Crippen molar-refractivity contribution < 1.29 is 4.74 Å². The lowest BCUT2D eigenvalue weighted by Crippen LogP contribution is -2.13. The third-order valence-corrected chi connectivity index (χ3v) is 3.34. The van der Waals surface area contributed by atoms with Crippen molar-refractivity contribution in [3.63, 3.8) is 0 Å². The van der Waals surface area contributed by atoms with Crippen molar-refractivity contribution in [2.24, 2.45) is 0 Å². The minimum absolute atomic E-state index is 0.523. The standard InChI is InChI=1S/C15H17BrN2O/c1-2-17-10-13-6-3-7-14(16)15(13)19-11-12-5-4-8-18-9-12/h3-9,17H,2,10-11H2,1H3. The lowest BCUT2D eigenvalue weighted by Gasteiger charge is -2.13. The highest BCUT2D eigenvalue weighted by atomic mass is 79.9. The minimum Gasteiger partial charge on any atom is -0.487 e. The van der Waals surface area contributed by atoms with Gasteiger partial charge in [0.2, 0.25) is 0 Å². The molecule has 0 amide bonds. The molecule has 0 aliphatic rings. The fraction of sp³-hybridized carbons (Fsp3) is 0.267. The van der Waals surface area contributed by atoms with Crippen molar-refractivity contribution in [2.75, 3.05) is 6.54 Å². The molecule has 1 N–H and O–H groups in total. The molecule has 2 rings (SSSR count). The maximum absolute atomic E-state index is 5.92. The van der Waals surface area contributed by atoms with Gasteiger partial charge in [-0.05, 0) is 34.6 Å². The Balaban J connectivity index is 2.10. The van der Waals surface area contributed by atoms with E-state index < -0.39 is 0 Å². The number of benzene rings is 1. The van der Waals surface area contributed by atoms with Crippen LogP contribution in [0.4, 0.5) is 0 Å². The van der Waals surface area contributed by atoms with Gasteiger partial charge in [0.05, 0.1) is 4.47 Å². The van der Waals surface area contributed by atoms with Gasteiger partial charge < -0.3 is 10.1 Å². The molecule has 0 saturated heterocycles. The van der Waals surface area contributed by atoms with Crippen LogP contribution < -0.4 is 10.1 Å². The van der Waals surface area contributed by atoms with Crippen LogP contribution in [0.1, 0.15) is 18.1 Å². The highest BCUT2D eigenvalue weighted by Gasteiger charge is 2.08. The molecule has 0 unspecified atom stereocenters. The van der Waals surface area contributed by atoms with E-state index in [1.165, 1.54) is 0 Å². The van der Waals surface area contributed by atoms with Gasteiger partial charge in [-0.3, -0.25) is 4.98 Å². The molecule has 0 radical (unpaired) electrons. The van der Waals surface area contributed by atoms with Gasteiger partial charge in [-0.1, -0.05) is 25.1 Å². The average Bonchev–Trinajstić information content (AvgIpc) is 2.45. The van der Waals surface area contributed by atoms with E-state index in [2.05, 4.69) is 39.2 Å². The molecule has 0 fully saturated rings. The molecule has 3 nitrogen and oxygen atoms in total. The molecule has 0 aliphatic heterocycles. The summed E-state index contributed by atoms with van der Waals surface area (Å²) in [5.41, 5.74) is 2.22. The van der Waals surface area contributed by atoms with Crippen molar-refractivity contribution >= 4 is 15.9 Å². The zero-order valence-electron chi connectivity index (χ0n) is 10.9. The highest BCUT2D eigenvalue weighted by molar-refractivity contribution is 9.10. The van der Waals surface area contributed by atoms with Gasteiger partial charge >= 0.3 is 0 Å². The van der Waals surface area contributed by atoms with Gasteiger partial charge in [-0.15, -0.1) is 0 Å². The summed E-state index contributed by atoms with van der Waals surface area (Å²) in [5, 5.41) is 3.32. The normalized spacial score (nSPS) is 10.4. The van der Waals surface area contributed by atoms with E-state index in [4.69, 9.17) is 4.74 Å². The van der Waals surface area contributed by atoms with Crippen LogP contribution in [-0.2, 0) is 13.2 Å². The Morgan fingerprint density at radius 1 is 1.26 bits per heavy atom. The van der Waals surface area contributed by atoms with E-state index in [-0.39, 0.29) is 0 Å². The Labute approximate surface area is 122 Å². The predicted octanol–water partition coefficient (Wildman–Crippen LogP) is 3.53. The fourth-order valence-corrected chi connectivity index (χ4v) is 2.27. The summed E-state index contributed by atoms with van der Waals surface area (Å²) >= 11 is 3.54. The third kappa shape index (κ3) is 4.04. The Morgan fingerprint density at radius 3 is 2.89 bits per heavy atom. The van der Waals surface area contributed by atoms with Gasteiger partial charge in [0, 0.05) is 30.1 Å². The van der Waals surface area contributed by atoms with Crippen LogP contribution >= 0.6 is 15.9 Å². The number of nitrogens with one attached hydrogen (secondary N) is 1. The first-order valence-corrected chi connectivity index (χ1v) is 7.10. The first-order valence-electron chi connectivity index (χ1n) is 6.31. The van der Waals surface area contributed by atoms with Gasteiger partial charge in [0.1, 0.15) is 12.4 Å². The summed E-state index contributed by atoms with van der Waals surface area (Å²) in [4.78, 5) is 4.09. The number of pyridine rings is 1. The zero-order valence-corrected chi connectivity index (χ0v) is 12.5. The average molecular weight is 321 g/mol. The van der Waals surface area contributed by atoms with E-state index in [1.54, 1.807) is 6.20 Å². The highest BCUT2D eigenvalue weighted by Crippen LogP contribution is 2.29. The lowest BCUT2D eigenvalue weighted by atomic mass is 10.2. The van der Waals surface area contributed by atoms with E-state index in [0.717, 1.165) is 34.4 Å². The molecule has 1 heterocycles. The van der Waals surface area contributed by atoms with Crippen molar-refractivity contribution in [1.29, 1.82) is 0 Å². The molecule has 100 valence electrons. The monoisotopic (exact) mass is 320 g/mol. The van der Waals surface area contributed by atoms with Gasteiger partial charge in [0.15, 0.2) is 0 Å². The molecular weight excluding hydrogens is 304 g/mol. The summed E-state index contributed by atoms with van der Waals surface area (Å²) in [7, 11) is 0. The van der Waals surface area contributed by atoms with Crippen LogP contribution in [0, 0.1) is 0 Å². The van der Waals surface area contributed by atoms with E-state index in [9.17, 15) is 0 Å². The molecule has 0 saturated carbocycles. The van der Waals surface area contributed by atoms with E-state index in [1.807, 2.05) is 30.5 Å². The predicted molar refractivity (Wildman–Crippen MR) is 80.1 cm³/mol. The second-order valence-electron chi connectivity index (χ2n) is 4.16. The van der Waals surface area contributed by atoms with Gasteiger partial charge in [-0.2, -0.15) is 0 Å². The number of hydrogen-bond acceptors (Lipinski definition) is 3. The van der Waals surface area contributed by atoms with Crippen molar-refractivity contribution in [3.05, 3.63) is 58.3 Å². The minimum atomic E-state index is 0.523. The molecule has 0 bridgehead atoms. The SMILES string of the molecule is CCNCc1cccc(Br)c1OCc1cccnc1. The number of aromatic nitrogens is 1. The van der Waals surface area contributed by atoms with Crippen LogP contribution in [0.15, 0.2) is 47.2 Å². The summed E-state index contributed by atoms with van der Waals surface area (Å²) in [6.07, 6.45) is 3.58. The van der Waals surface area contributed by atoms with Crippen molar-refractivity contribution in [2.45, 2.75) is 20.1 Å². The molecule has 0 spiro atoms. The number of hydrogen-bond donors (Lipinski definition) is 1. The number of halogens is 1. The molecule has 1 aromatic heterocycles. The largest absolute Gasteiger partial charge is 0.487 e. The first kappa shape index (κ1) is 14.0. The van der Waals surface area contributed by atoms with E-state index >= 15 is 0 Å². The molecule has 1 aromatic carbocycles. The van der Waals surface area contributed by atoms with E-state index in [0.29, 0.717) is 6.61 Å². The maximum atomic E-state index is 5.92. The van der Waals surface area contributed by atoms with Gasteiger partial charge in [0.25, 0.3) is 0 Å². The van der Waals surface area contributed by atoms with Crippen LogP contribution in [0.2, 0.25) is 0 Å². The first-order chi connectivity index (χ1) is 9.31. The Hall–Kier alpha value is -1.39. The summed E-state index contributed by atoms with van der Waals surface area (Å²) < 4.78 is 6.90. The number of para-hydroxylation sites is 1. The lowest BCUT2D eigenvalue weighted by molar-refractivity contribution is 0.300. The number of rotatable bonds is 6. The smallest absolute Gasteiger partial charge is 0.138 e. The quantitative estimate of drug-likeness (QED) is 0.884. The molecule has 0 atom stereocenters. The second-order valence-corrected chi connectivity index (χ2v) is 5.01. The number of nitrogens with zero attached hydrogens (tertiary/aromatic N) is 1. The van der Waals surface area contributed by atoms with Gasteiger partial charge in [-0.25, -0.2) is 0 Å². The Morgan fingerprint density at radius 2 is 2.16 bits per heavy atom. The van der Waals surface area contributed by atoms with Crippen LogP contribution in [-0.4, -0.2) is 11.5 Å². The van der Waals surface area contributed by atoms with Crippen LogP contribution in [0.25, 0.3) is 0 Å². The third-order valence-electron chi connectivity index (χ3n) is 2.72. The summed E-state index contributed by atoms with van der Waals surface area (Å²) in [5.74, 6) is 0.896. The van der Waals surface area contributed by atoms with Crippen LogP contribution in [0.5, 0.6) is 5.75 Å². The maximum Gasteiger partial charge on any atom is 0.138 e. The molecule has 4 heteroatoms. The zero-order chi connectivity index (χ0) is 13.5. The molecule has 19 heavy (non-hydrogen) atoms. The Bertz CT molecular complexity index is 517. The number of ether oxygens (including phenoxy) is 1. The second kappa shape index (κ2) is 7.26. The fourth-order valence-electron chi connectivity index (χ4n) is 1.75. The topological polar surface area (TPSA) is 34.1 Å². The molecule has 2 aromatic rings. The molecule has 0 aliphatic carbocycles. The Kier molecular flexibility index (Phi) is 5.36. The summed E-state index contributed by atoms with van der Waals surface area (Å²) in [6.45, 7) is 4.36. The van der Waals surface area contributed by atoms with Crippen LogP contribution in [0.3, 0.4) is 0 Å². The van der Waals surface area contributed by atoms with Crippen molar-refractivity contribution in [3.8, 4) is 5.75 Å². The van der Waals surface area contributed by atoms with Crippen molar-refractivity contribution in [1.82, 2.24) is 10.3 Å². The summed E-state index contributed by atoms with van der Waals surface area (Å²) in [6, 6.07) is 10.0. The molecular formula is C15H17BrN2O.